The monoisotopic (exact) mass is 446 g/mol. The highest BCUT2D eigenvalue weighted by molar-refractivity contribution is 7.40. The molecule has 31 heavy (non-hydrogen) atoms. The average Bonchev–Trinajstić information content (AvgIpc) is 2.71. The summed E-state index contributed by atoms with van der Waals surface area (Å²) in [6, 6.07) is 8.48. The number of rotatable bonds is 7. The van der Waals surface area contributed by atoms with Crippen molar-refractivity contribution in [3.63, 3.8) is 0 Å². The molecule has 0 bridgehead atoms. The SMILES string of the molecule is COOP(O)O[N+](c1cc(C)c2c(c1C)C(=O)c1ccccc1C2=O)(C(C)C)C(C)C. The first kappa shape index (κ1) is 23.7. The van der Waals surface area contributed by atoms with Crippen LogP contribution in [0, 0.1) is 13.8 Å². The summed E-state index contributed by atoms with van der Waals surface area (Å²) in [5, 5.41) is 0. The van der Waals surface area contributed by atoms with E-state index in [1.165, 1.54) is 7.11 Å². The molecule has 1 atom stereocenters. The van der Waals surface area contributed by atoms with Gasteiger partial charge in [0, 0.05) is 33.9 Å². The highest BCUT2D eigenvalue weighted by Crippen LogP contribution is 2.47. The highest BCUT2D eigenvalue weighted by Gasteiger charge is 2.47. The Morgan fingerprint density at radius 2 is 1.45 bits per heavy atom. The Labute approximate surface area is 184 Å². The third kappa shape index (κ3) is 3.76. The molecule has 1 unspecified atom stereocenters. The molecule has 2 aromatic rings. The maximum atomic E-state index is 13.5. The number of fused-ring (bicyclic) bond motifs is 2. The minimum Gasteiger partial charge on any atom is -0.323 e. The molecule has 0 spiro atoms. The van der Waals surface area contributed by atoms with Gasteiger partial charge in [-0.25, -0.2) is 4.89 Å². The number of hydroxylamine groups is 2. The number of ketones is 2. The van der Waals surface area contributed by atoms with Crippen molar-refractivity contribution in [1.29, 1.82) is 0 Å². The van der Waals surface area contributed by atoms with Gasteiger partial charge in [0.25, 0.3) is 0 Å². The highest BCUT2D eigenvalue weighted by atomic mass is 31.2. The number of carbonyl (C=O) groups excluding carboxylic acids is 2. The fraction of sp³-hybridized carbons (Fsp3) is 0.391. The van der Waals surface area contributed by atoms with Crippen LogP contribution in [-0.2, 0) is 14.2 Å². The van der Waals surface area contributed by atoms with Crippen LogP contribution >= 0.6 is 8.60 Å². The van der Waals surface area contributed by atoms with E-state index in [1.54, 1.807) is 24.3 Å². The predicted molar refractivity (Wildman–Crippen MR) is 120 cm³/mol. The standard InChI is InChI=1S/C23H29NO6P/c1-13(2)24(14(3)4,29-31(27)30-28-7)19-12-15(5)20-21(16(19)6)23(26)18-11-9-8-10-17(18)22(20)25/h8-14,27H,1-7H3/q+1. The van der Waals surface area contributed by atoms with Crippen LogP contribution in [0.15, 0.2) is 30.3 Å². The minimum absolute atomic E-state index is 0.103. The van der Waals surface area contributed by atoms with E-state index in [1.807, 2.05) is 47.6 Å². The second kappa shape index (κ2) is 8.87. The average molecular weight is 446 g/mol. The Morgan fingerprint density at radius 3 is 1.94 bits per heavy atom. The molecule has 0 heterocycles. The maximum absolute atomic E-state index is 13.5. The molecule has 0 saturated heterocycles. The lowest BCUT2D eigenvalue weighted by Gasteiger charge is -2.43. The maximum Gasteiger partial charge on any atom is 0.418 e. The lowest BCUT2D eigenvalue weighted by atomic mass is 9.79. The van der Waals surface area contributed by atoms with Gasteiger partial charge in [-0.3, -0.25) is 9.59 Å². The first-order valence-corrected chi connectivity index (χ1v) is 11.3. The molecule has 0 amide bonds. The number of hydrogen-bond acceptors (Lipinski definition) is 6. The number of hydrogen-bond donors (Lipinski definition) is 1. The summed E-state index contributed by atoms with van der Waals surface area (Å²) in [7, 11) is -1.06. The van der Waals surface area contributed by atoms with Crippen molar-refractivity contribution < 1.29 is 28.7 Å². The molecular formula is C23H29NO6P+. The largest absolute Gasteiger partial charge is 0.418 e. The molecule has 7 nitrogen and oxygen atoms in total. The molecule has 2 aromatic carbocycles. The smallest absolute Gasteiger partial charge is 0.323 e. The van der Waals surface area contributed by atoms with Gasteiger partial charge in [0.05, 0.1) is 7.11 Å². The van der Waals surface area contributed by atoms with Gasteiger partial charge >= 0.3 is 8.60 Å². The molecule has 1 aliphatic carbocycles. The minimum atomic E-state index is -2.35. The number of carbonyl (C=O) groups is 2. The van der Waals surface area contributed by atoms with E-state index in [0.717, 1.165) is 0 Å². The van der Waals surface area contributed by atoms with Crippen LogP contribution in [0.4, 0.5) is 5.69 Å². The van der Waals surface area contributed by atoms with Crippen molar-refractivity contribution in [2.75, 3.05) is 7.11 Å². The molecule has 0 aliphatic heterocycles. The molecule has 3 rings (SSSR count). The molecule has 166 valence electrons. The van der Waals surface area contributed by atoms with Crippen molar-refractivity contribution in [1.82, 2.24) is 4.65 Å². The number of aryl methyl sites for hydroxylation is 1. The summed E-state index contributed by atoms with van der Waals surface area (Å²) < 4.78 is 10.8. The number of quaternary nitrogens is 1. The normalized spacial score (nSPS) is 14.8. The van der Waals surface area contributed by atoms with Gasteiger partial charge in [0.2, 0.25) is 0 Å². The first-order valence-electron chi connectivity index (χ1n) is 10.2. The third-order valence-corrected chi connectivity index (χ3v) is 6.57. The molecule has 0 saturated carbocycles. The Bertz CT molecular complexity index is 1020. The van der Waals surface area contributed by atoms with Crippen molar-refractivity contribution in [3.05, 3.63) is 63.7 Å². The van der Waals surface area contributed by atoms with E-state index in [-0.39, 0.29) is 28.3 Å². The quantitative estimate of drug-likeness (QED) is 0.240. The Morgan fingerprint density at radius 1 is 0.935 bits per heavy atom. The molecular weight excluding hydrogens is 417 g/mol. The van der Waals surface area contributed by atoms with Crippen molar-refractivity contribution in [2.24, 2.45) is 0 Å². The van der Waals surface area contributed by atoms with Crippen LogP contribution in [0.5, 0.6) is 0 Å². The summed E-state index contributed by atoms with van der Waals surface area (Å²) in [5.74, 6) is -0.338. The van der Waals surface area contributed by atoms with Gasteiger partial charge in [0.15, 0.2) is 17.3 Å². The second-order valence-electron chi connectivity index (χ2n) is 8.25. The Hall–Kier alpha value is -1.99. The third-order valence-electron chi connectivity index (χ3n) is 5.88. The van der Waals surface area contributed by atoms with Crippen LogP contribution in [0.1, 0.15) is 70.7 Å². The van der Waals surface area contributed by atoms with Gasteiger partial charge in [0.1, 0.15) is 12.1 Å². The zero-order chi connectivity index (χ0) is 23.1. The predicted octanol–water partition coefficient (Wildman–Crippen LogP) is 4.93. The summed E-state index contributed by atoms with van der Waals surface area (Å²) in [6.07, 6.45) is 0. The van der Waals surface area contributed by atoms with Crippen LogP contribution in [0.2, 0.25) is 0 Å². The van der Waals surface area contributed by atoms with E-state index in [2.05, 4.69) is 4.89 Å². The van der Waals surface area contributed by atoms with Crippen LogP contribution in [0.3, 0.4) is 0 Å². The summed E-state index contributed by atoms with van der Waals surface area (Å²) in [6.45, 7) is 11.5. The van der Waals surface area contributed by atoms with Crippen molar-refractivity contribution in [2.45, 2.75) is 53.6 Å². The number of nitrogens with zero attached hydrogens (tertiary/aromatic N) is 1. The van der Waals surface area contributed by atoms with Gasteiger partial charge in [-0.1, -0.05) is 24.3 Å². The van der Waals surface area contributed by atoms with Crippen molar-refractivity contribution >= 4 is 25.9 Å². The molecule has 0 radical (unpaired) electrons. The van der Waals surface area contributed by atoms with Crippen molar-refractivity contribution in [3.8, 4) is 0 Å². The fourth-order valence-electron chi connectivity index (χ4n) is 4.56. The van der Waals surface area contributed by atoms with Gasteiger partial charge in [-0.2, -0.15) is 0 Å². The Kier molecular flexibility index (Phi) is 6.77. The van der Waals surface area contributed by atoms with E-state index < -0.39 is 8.60 Å². The second-order valence-corrected chi connectivity index (χ2v) is 9.04. The topological polar surface area (TPSA) is 82.1 Å². The van der Waals surface area contributed by atoms with Gasteiger partial charge < -0.3 is 4.89 Å². The summed E-state index contributed by atoms with van der Waals surface area (Å²) >= 11 is 0. The van der Waals surface area contributed by atoms with Crippen LogP contribution in [-0.4, -0.2) is 35.7 Å². The van der Waals surface area contributed by atoms with Crippen LogP contribution < -0.4 is 4.65 Å². The molecule has 8 heteroatoms. The molecule has 1 N–H and O–H groups in total. The Balaban J connectivity index is 2.30. The molecule has 0 fully saturated rings. The zero-order valence-electron chi connectivity index (χ0n) is 18.9. The van der Waals surface area contributed by atoms with E-state index in [4.69, 9.17) is 9.30 Å². The van der Waals surface area contributed by atoms with Gasteiger partial charge in [-0.05, 0) is 47.1 Å². The van der Waals surface area contributed by atoms with E-state index in [0.29, 0.717) is 39.1 Å². The summed E-state index contributed by atoms with van der Waals surface area (Å²) in [4.78, 5) is 41.7. The fourth-order valence-corrected chi connectivity index (χ4v) is 5.42. The molecule has 1 aliphatic rings. The van der Waals surface area contributed by atoms with E-state index >= 15 is 0 Å². The lowest BCUT2D eigenvalue weighted by molar-refractivity contribution is -0.211. The summed E-state index contributed by atoms with van der Waals surface area (Å²) in [5.41, 5.74) is 3.67. The lowest BCUT2D eigenvalue weighted by Crippen LogP contribution is -2.58. The first-order chi connectivity index (χ1) is 14.6. The number of benzene rings is 2. The van der Waals surface area contributed by atoms with Gasteiger partial charge in [-0.15, -0.1) is 13.9 Å². The zero-order valence-corrected chi connectivity index (χ0v) is 19.8. The van der Waals surface area contributed by atoms with E-state index in [9.17, 15) is 14.5 Å². The molecule has 0 aromatic heterocycles. The van der Waals surface area contributed by atoms with Crippen LogP contribution in [0.25, 0.3) is 0 Å².